The number of nitrogens with one attached hydrogen (secondary N) is 2. The van der Waals surface area contributed by atoms with Crippen LogP contribution in [0.4, 0.5) is 22.0 Å². The Bertz CT molecular complexity index is 1540. The molecule has 8 heteroatoms. The molecule has 2 fully saturated rings. The first-order valence-electron chi connectivity index (χ1n) is 14.5. The van der Waals surface area contributed by atoms with Crippen molar-refractivity contribution in [2.24, 2.45) is 5.41 Å². The number of nitrogen functional groups attached to an aromatic ring is 1. The first kappa shape index (κ1) is 27.3. The summed E-state index contributed by atoms with van der Waals surface area (Å²) in [6.07, 6.45) is 4.45. The van der Waals surface area contributed by atoms with E-state index in [1.807, 2.05) is 71.6 Å². The number of anilines is 3. The third-order valence-electron chi connectivity index (χ3n) is 8.44. The Morgan fingerprint density at radius 1 is 0.857 bits per heavy atom. The van der Waals surface area contributed by atoms with Gasteiger partial charge in [-0.1, -0.05) is 66.7 Å². The first-order valence-corrected chi connectivity index (χ1v) is 14.5. The lowest BCUT2D eigenvalue weighted by molar-refractivity contribution is 0.102. The number of urea groups is 1. The van der Waals surface area contributed by atoms with Gasteiger partial charge in [-0.2, -0.15) is 0 Å². The van der Waals surface area contributed by atoms with E-state index in [1.54, 1.807) is 18.3 Å². The van der Waals surface area contributed by atoms with Crippen LogP contribution in [0.25, 0.3) is 11.1 Å². The van der Waals surface area contributed by atoms with Gasteiger partial charge in [-0.25, -0.2) is 9.78 Å². The number of hydrogen-bond donors (Lipinski definition) is 3. The molecule has 214 valence electrons. The quantitative estimate of drug-likeness (QED) is 0.261. The average Bonchev–Trinajstić information content (AvgIpc) is 3.65. The molecule has 1 atom stereocenters. The van der Waals surface area contributed by atoms with E-state index >= 15 is 0 Å². The minimum atomic E-state index is -0.256. The molecule has 1 aromatic heterocycles. The second-order valence-corrected chi connectivity index (χ2v) is 11.3. The molecule has 2 saturated heterocycles. The normalized spacial score (nSPS) is 17.9. The lowest BCUT2D eigenvalue weighted by Crippen LogP contribution is -2.41. The summed E-state index contributed by atoms with van der Waals surface area (Å²) in [4.78, 5) is 34.7. The summed E-state index contributed by atoms with van der Waals surface area (Å²) in [5, 5.41) is 6.03. The van der Waals surface area contributed by atoms with Gasteiger partial charge in [-0.15, -0.1) is 0 Å². The molecule has 8 nitrogen and oxygen atoms in total. The third kappa shape index (κ3) is 6.07. The zero-order valence-corrected chi connectivity index (χ0v) is 23.6. The van der Waals surface area contributed by atoms with Crippen molar-refractivity contribution in [3.05, 3.63) is 108 Å². The van der Waals surface area contributed by atoms with Gasteiger partial charge >= 0.3 is 6.03 Å². The smallest absolute Gasteiger partial charge is 0.317 e. The molecule has 3 heterocycles. The van der Waals surface area contributed by atoms with Crippen LogP contribution in [-0.2, 0) is 6.42 Å². The number of carbonyl (C=O) groups is 2. The summed E-state index contributed by atoms with van der Waals surface area (Å²) in [6, 6.07) is 29.5. The maximum absolute atomic E-state index is 13.0. The van der Waals surface area contributed by atoms with E-state index in [0.717, 1.165) is 62.4 Å². The van der Waals surface area contributed by atoms with Gasteiger partial charge < -0.3 is 26.2 Å². The fourth-order valence-electron chi connectivity index (χ4n) is 6.02. The average molecular weight is 561 g/mol. The molecule has 0 bridgehead atoms. The molecule has 0 radical (unpaired) electrons. The third-order valence-corrected chi connectivity index (χ3v) is 8.44. The predicted octanol–water partition coefficient (Wildman–Crippen LogP) is 5.44. The summed E-state index contributed by atoms with van der Waals surface area (Å²) in [5.41, 5.74) is 11.0. The van der Waals surface area contributed by atoms with E-state index in [9.17, 15) is 9.59 Å². The van der Waals surface area contributed by atoms with Gasteiger partial charge in [-0.3, -0.25) is 4.79 Å². The highest BCUT2D eigenvalue weighted by atomic mass is 16.2. The molecular formula is C34H36N6O2. The monoisotopic (exact) mass is 560 g/mol. The SMILES string of the molecule is Nc1ccc(-c2ccccc2)cc1NC(=O)c1ccc(N2CCC3(CCN(C(=O)NCCc4ccccc4)C3)C2)nc1. The molecule has 1 unspecified atom stereocenters. The highest BCUT2D eigenvalue weighted by molar-refractivity contribution is 6.06. The molecular weight excluding hydrogens is 524 g/mol. The van der Waals surface area contributed by atoms with E-state index in [0.29, 0.717) is 23.5 Å². The highest BCUT2D eigenvalue weighted by Crippen LogP contribution is 2.40. The molecule has 3 amide bonds. The zero-order valence-electron chi connectivity index (χ0n) is 23.6. The Balaban J connectivity index is 1.03. The first-order chi connectivity index (χ1) is 20.5. The van der Waals surface area contributed by atoms with Crippen molar-refractivity contribution < 1.29 is 9.59 Å². The number of carbonyl (C=O) groups excluding carboxylic acids is 2. The van der Waals surface area contributed by atoms with Crippen LogP contribution in [0, 0.1) is 5.41 Å². The molecule has 6 rings (SSSR count). The number of benzene rings is 3. The van der Waals surface area contributed by atoms with Crippen molar-refractivity contribution in [3.8, 4) is 11.1 Å². The van der Waals surface area contributed by atoms with Crippen molar-refractivity contribution in [1.82, 2.24) is 15.2 Å². The Kier molecular flexibility index (Phi) is 7.77. The summed E-state index contributed by atoms with van der Waals surface area (Å²) in [7, 11) is 0. The molecule has 4 N–H and O–H groups in total. The van der Waals surface area contributed by atoms with E-state index < -0.39 is 0 Å². The van der Waals surface area contributed by atoms with E-state index in [2.05, 4.69) is 32.7 Å². The predicted molar refractivity (Wildman–Crippen MR) is 167 cm³/mol. The molecule has 1 spiro atoms. The van der Waals surface area contributed by atoms with Crippen molar-refractivity contribution in [2.75, 3.05) is 48.7 Å². The van der Waals surface area contributed by atoms with Crippen LogP contribution in [-0.4, -0.2) is 54.5 Å². The highest BCUT2D eigenvalue weighted by Gasteiger charge is 2.45. The number of nitrogens with two attached hydrogens (primary N) is 1. The Morgan fingerprint density at radius 2 is 1.62 bits per heavy atom. The van der Waals surface area contributed by atoms with Gasteiger partial charge in [0.1, 0.15) is 5.82 Å². The second kappa shape index (κ2) is 11.9. The summed E-state index contributed by atoms with van der Waals surface area (Å²) in [6.45, 7) is 3.89. The van der Waals surface area contributed by atoms with Crippen LogP contribution in [0.2, 0.25) is 0 Å². The number of aromatic nitrogens is 1. The van der Waals surface area contributed by atoms with Gasteiger partial charge in [0.05, 0.1) is 16.9 Å². The number of pyridine rings is 1. The van der Waals surface area contributed by atoms with Gasteiger partial charge in [0, 0.05) is 44.3 Å². The zero-order chi connectivity index (χ0) is 28.9. The standard InChI is InChI=1S/C34H36N6O2/c35-29-13-11-27(26-9-5-2-6-10-26)21-30(29)38-32(41)28-12-14-31(37-22-28)39-19-16-34(23-39)17-20-40(24-34)33(42)36-18-15-25-7-3-1-4-8-25/h1-14,21-22H,15-20,23-24,35H2,(H,36,42)(H,38,41). The van der Waals surface area contributed by atoms with Gasteiger partial charge in [0.25, 0.3) is 5.91 Å². The Labute approximate surface area is 246 Å². The molecule has 3 aromatic carbocycles. The molecule has 42 heavy (non-hydrogen) atoms. The van der Waals surface area contributed by atoms with Crippen LogP contribution in [0.5, 0.6) is 0 Å². The molecule has 2 aliphatic rings. The van der Waals surface area contributed by atoms with Crippen LogP contribution in [0.3, 0.4) is 0 Å². The molecule has 2 aliphatic heterocycles. The molecule has 4 aromatic rings. The second-order valence-electron chi connectivity index (χ2n) is 11.3. The number of rotatable bonds is 7. The van der Waals surface area contributed by atoms with Crippen LogP contribution < -0.4 is 21.3 Å². The lowest BCUT2D eigenvalue weighted by atomic mass is 9.86. The minimum Gasteiger partial charge on any atom is -0.397 e. The van der Waals surface area contributed by atoms with E-state index in [-0.39, 0.29) is 17.4 Å². The van der Waals surface area contributed by atoms with Crippen LogP contribution >= 0.6 is 0 Å². The summed E-state index contributed by atoms with van der Waals surface area (Å²) < 4.78 is 0. The Morgan fingerprint density at radius 3 is 2.38 bits per heavy atom. The topological polar surface area (TPSA) is 104 Å². The number of amides is 3. The lowest BCUT2D eigenvalue weighted by Gasteiger charge is -2.25. The van der Waals surface area contributed by atoms with Gasteiger partial charge in [-0.05, 0) is 60.2 Å². The maximum Gasteiger partial charge on any atom is 0.317 e. The van der Waals surface area contributed by atoms with Crippen LogP contribution in [0.15, 0.2) is 97.2 Å². The largest absolute Gasteiger partial charge is 0.397 e. The van der Waals surface area contributed by atoms with E-state index in [1.165, 1.54) is 5.56 Å². The van der Waals surface area contributed by atoms with Crippen molar-refractivity contribution >= 4 is 29.1 Å². The van der Waals surface area contributed by atoms with Gasteiger partial charge in [0.15, 0.2) is 0 Å². The summed E-state index contributed by atoms with van der Waals surface area (Å²) in [5.74, 6) is 0.591. The number of likely N-dealkylation sites (tertiary alicyclic amines) is 1. The van der Waals surface area contributed by atoms with Gasteiger partial charge in [0.2, 0.25) is 0 Å². The fourth-order valence-corrected chi connectivity index (χ4v) is 6.02. The van der Waals surface area contributed by atoms with Crippen molar-refractivity contribution in [1.29, 1.82) is 0 Å². The number of hydrogen-bond acceptors (Lipinski definition) is 5. The van der Waals surface area contributed by atoms with E-state index in [4.69, 9.17) is 5.73 Å². The molecule has 0 aliphatic carbocycles. The van der Waals surface area contributed by atoms with Crippen LogP contribution in [0.1, 0.15) is 28.8 Å². The molecule has 0 saturated carbocycles. The summed E-state index contributed by atoms with van der Waals surface area (Å²) >= 11 is 0. The van der Waals surface area contributed by atoms with Crippen molar-refractivity contribution in [3.63, 3.8) is 0 Å². The fraction of sp³-hybridized carbons (Fsp3) is 0.265. The minimum absolute atomic E-state index is 0.0182. The Hall–Kier alpha value is -4.85. The maximum atomic E-state index is 13.0. The van der Waals surface area contributed by atoms with Crippen molar-refractivity contribution in [2.45, 2.75) is 19.3 Å². The number of nitrogens with zero attached hydrogens (tertiary/aromatic N) is 3.